The second-order valence-electron chi connectivity index (χ2n) is 5.47. The third-order valence-electron chi connectivity index (χ3n) is 3.75. The van der Waals surface area contributed by atoms with Gasteiger partial charge in [-0.15, -0.1) is 6.58 Å². The molecule has 0 saturated heterocycles. The summed E-state index contributed by atoms with van der Waals surface area (Å²) in [6, 6.07) is 12.5. The number of carbonyl (C=O) groups is 1. The van der Waals surface area contributed by atoms with Crippen LogP contribution in [0, 0.1) is 0 Å². The highest BCUT2D eigenvalue weighted by atomic mass is 16.2. The molecule has 2 rings (SSSR count). The summed E-state index contributed by atoms with van der Waals surface area (Å²) < 4.78 is 1.54. The minimum atomic E-state index is -0.297. The van der Waals surface area contributed by atoms with Gasteiger partial charge in [-0.05, 0) is 31.4 Å². The van der Waals surface area contributed by atoms with E-state index in [-0.39, 0.29) is 17.6 Å². The maximum Gasteiger partial charge on any atom is 0.319 e. The molecule has 0 aliphatic rings. The van der Waals surface area contributed by atoms with Crippen molar-refractivity contribution in [3.8, 4) is 0 Å². The molecule has 1 atom stereocenters. The first-order valence-electron chi connectivity index (χ1n) is 8.08. The van der Waals surface area contributed by atoms with Crippen LogP contribution in [0.4, 0.5) is 10.5 Å². The monoisotopic (exact) mass is 325 g/mol. The largest absolute Gasteiger partial charge is 0.331 e. The van der Waals surface area contributed by atoms with Crippen LogP contribution in [0.2, 0.25) is 0 Å². The number of rotatable bonds is 7. The van der Waals surface area contributed by atoms with Crippen LogP contribution in [0.3, 0.4) is 0 Å². The van der Waals surface area contributed by atoms with E-state index < -0.39 is 0 Å². The average Bonchev–Trinajstić information content (AvgIpc) is 2.61. The Kier molecular flexibility index (Phi) is 6.37. The number of pyridine rings is 1. The summed E-state index contributed by atoms with van der Waals surface area (Å²) in [5, 5.41) is 5.77. The summed E-state index contributed by atoms with van der Waals surface area (Å²) >= 11 is 0. The number of nitrogens with zero attached hydrogens (tertiary/aromatic N) is 1. The lowest BCUT2D eigenvalue weighted by Gasteiger charge is -2.19. The molecule has 1 unspecified atom stereocenters. The highest BCUT2D eigenvalue weighted by Crippen LogP contribution is 2.18. The molecule has 0 fully saturated rings. The number of allylic oxidation sites excluding steroid dienone is 1. The van der Waals surface area contributed by atoms with E-state index in [1.807, 2.05) is 43.3 Å². The van der Waals surface area contributed by atoms with E-state index in [0.29, 0.717) is 12.2 Å². The predicted molar refractivity (Wildman–Crippen MR) is 97.1 cm³/mol. The zero-order chi connectivity index (χ0) is 17.4. The summed E-state index contributed by atoms with van der Waals surface area (Å²) in [5.74, 6) is 0. The number of benzene rings is 1. The minimum absolute atomic E-state index is 0.0865. The quantitative estimate of drug-likeness (QED) is 0.763. The van der Waals surface area contributed by atoms with Gasteiger partial charge in [0, 0.05) is 18.8 Å². The Morgan fingerprint density at radius 2 is 2.00 bits per heavy atom. The number of aryl methyl sites for hydroxylation is 1. The zero-order valence-electron chi connectivity index (χ0n) is 13.9. The Balaban J connectivity index is 2.07. The Morgan fingerprint density at radius 1 is 1.25 bits per heavy atom. The summed E-state index contributed by atoms with van der Waals surface area (Å²) in [5.41, 5.74) is 1.55. The highest BCUT2D eigenvalue weighted by molar-refractivity contribution is 5.89. The van der Waals surface area contributed by atoms with E-state index in [4.69, 9.17) is 0 Å². The van der Waals surface area contributed by atoms with Crippen molar-refractivity contribution in [1.82, 2.24) is 9.88 Å². The fourth-order valence-corrected chi connectivity index (χ4v) is 2.47. The average molecular weight is 325 g/mol. The summed E-state index contributed by atoms with van der Waals surface area (Å²) in [7, 11) is 0. The van der Waals surface area contributed by atoms with E-state index in [2.05, 4.69) is 17.2 Å². The molecular weight excluding hydrogens is 302 g/mol. The molecule has 5 heteroatoms. The normalized spacial score (nSPS) is 11.5. The van der Waals surface area contributed by atoms with Gasteiger partial charge in [-0.2, -0.15) is 0 Å². The zero-order valence-corrected chi connectivity index (χ0v) is 13.9. The molecule has 2 amide bonds. The first-order chi connectivity index (χ1) is 11.6. The SMILES string of the molecule is C=CCCC(NC(=O)Nc1ccc(=O)n(CC)c1)c1ccccc1. The number of nitrogens with one attached hydrogen (secondary N) is 2. The molecule has 0 bridgehead atoms. The van der Waals surface area contributed by atoms with Gasteiger partial charge in [0.2, 0.25) is 0 Å². The lowest BCUT2D eigenvalue weighted by atomic mass is 10.0. The first-order valence-corrected chi connectivity index (χ1v) is 8.08. The van der Waals surface area contributed by atoms with E-state index in [1.54, 1.807) is 16.8 Å². The molecule has 0 aliphatic heterocycles. The molecule has 0 spiro atoms. The van der Waals surface area contributed by atoms with E-state index in [9.17, 15) is 9.59 Å². The smallest absolute Gasteiger partial charge is 0.319 e. The number of carbonyl (C=O) groups excluding carboxylic acids is 1. The van der Waals surface area contributed by atoms with E-state index in [0.717, 1.165) is 18.4 Å². The molecule has 5 nitrogen and oxygen atoms in total. The second kappa shape index (κ2) is 8.72. The van der Waals surface area contributed by atoms with Crippen LogP contribution in [0.5, 0.6) is 0 Å². The molecule has 0 saturated carbocycles. The number of hydrogen-bond acceptors (Lipinski definition) is 2. The van der Waals surface area contributed by atoms with Crippen molar-refractivity contribution in [3.05, 3.63) is 77.2 Å². The molecular formula is C19H23N3O2. The topological polar surface area (TPSA) is 63.1 Å². The van der Waals surface area contributed by atoms with Crippen molar-refractivity contribution in [2.75, 3.05) is 5.32 Å². The summed E-state index contributed by atoms with van der Waals surface area (Å²) in [6.07, 6.45) is 5.06. The fourth-order valence-electron chi connectivity index (χ4n) is 2.47. The van der Waals surface area contributed by atoms with Gasteiger partial charge in [0.15, 0.2) is 0 Å². The number of anilines is 1. The molecule has 126 valence electrons. The minimum Gasteiger partial charge on any atom is -0.331 e. The lowest BCUT2D eigenvalue weighted by molar-refractivity contribution is 0.248. The molecule has 24 heavy (non-hydrogen) atoms. The van der Waals surface area contributed by atoms with Crippen LogP contribution in [-0.4, -0.2) is 10.6 Å². The van der Waals surface area contributed by atoms with Gasteiger partial charge < -0.3 is 15.2 Å². The molecule has 2 N–H and O–H groups in total. The number of aromatic nitrogens is 1. The van der Waals surface area contributed by atoms with E-state index in [1.165, 1.54) is 6.07 Å². The van der Waals surface area contributed by atoms with Crippen LogP contribution >= 0.6 is 0 Å². The summed E-state index contributed by atoms with van der Waals surface area (Å²) in [4.78, 5) is 23.9. The Morgan fingerprint density at radius 3 is 2.67 bits per heavy atom. The van der Waals surface area contributed by atoms with Gasteiger partial charge in [0.05, 0.1) is 11.7 Å². The molecule has 2 aromatic rings. The van der Waals surface area contributed by atoms with Gasteiger partial charge >= 0.3 is 6.03 Å². The molecule has 1 heterocycles. The van der Waals surface area contributed by atoms with Crippen molar-refractivity contribution < 1.29 is 4.79 Å². The van der Waals surface area contributed by atoms with E-state index >= 15 is 0 Å². The Labute approximate surface area is 142 Å². The van der Waals surface area contributed by atoms with Crippen molar-refractivity contribution in [2.24, 2.45) is 0 Å². The Hall–Kier alpha value is -2.82. The van der Waals surface area contributed by atoms with Crippen LogP contribution in [-0.2, 0) is 6.54 Å². The summed E-state index contributed by atoms with van der Waals surface area (Å²) in [6.45, 7) is 6.18. The Bertz CT molecular complexity index is 738. The number of hydrogen-bond donors (Lipinski definition) is 2. The van der Waals surface area contributed by atoms with Gasteiger partial charge in [0.25, 0.3) is 5.56 Å². The second-order valence-corrected chi connectivity index (χ2v) is 5.47. The van der Waals surface area contributed by atoms with Crippen LogP contribution in [0.25, 0.3) is 0 Å². The number of amides is 2. The third-order valence-corrected chi connectivity index (χ3v) is 3.75. The van der Waals surface area contributed by atoms with Gasteiger partial charge in [-0.1, -0.05) is 36.4 Å². The maximum absolute atomic E-state index is 12.3. The standard InChI is InChI=1S/C19H23N3O2/c1-3-5-11-17(15-9-7-6-8-10-15)21-19(24)20-16-12-13-18(23)22(4-2)14-16/h3,6-10,12-14,17H,1,4-5,11H2,2H3,(H2,20,21,24). The van der Waals surface area contributed by atoms with Gasteiger partial charge in [-0.3, -0.25) is 4.79 Å². The predicted octanol–water partition coefficient (Wildman–Crippen LogP) is 3.70. The third kappa shape index (κ3) is 4.84. The first kappa shape index (κ1) is 17.5. The molecule has 0 radical (unpaired) electrons. The van der Waals surface area contributed by atoms with Gasteiger partial charge in [0.1, 0.15) is 0 Å². The van der Waals surface area contributed by atoms with Gasteiger partial charge in [-0.25, -0.2) is 4.79 Å². The van der Waals surface area contributed by atoms with Crippen molar-refractivity contribution in [2.45, 2.75) is 32.4 Å². The van der Waals surface area contributed by atoms with Crippen molar-refractivity contribution in [1.29, 1.82) is 0 Å². The fraction of sp³-hybridized carbons (Fsp3) is 0.263. The van der Waals surface area contributed by atoms with Crippen molar-refractivity contribution >= 4 is 11.7 Å². The lowest BCUT2D eigenvalue weighted by Crippen LogP contribution is -2.33. The van der Waals surface area contributed by atoms with Crippen molar-refractivity contribution in [3.63, 3.8) is 0 Å². The molecule has 1 aromatic carbocycles. The van der Waals surface area contributed by atoms with Crippen LogP contribution in [0.15, 0.2) is 66.1 Å². The molecule has 0 aliphatic carbocycles. The van der Waals surface area contributed by atoms with Crippen LogP contribution in [0.1, 0.15) is 31.4 Å². The number of urea groups is 1. The maximum atomic E-state index is 12.3. The molecule has 1 aromatic heterocycles. The highest BCUT2D eigenvalue weighted by Gasteiger charge is 2.14. The van der Waals surface area contributed by atoms with Crippen LogP contribution < -0.4 is 16.2 Å².